The van der Waals surface area contributed by atoms with E-state index in [0.29, 0.717) is 42.3 Å². The van der Waals surface area contributed by atoms with Crippen LogP contribution < -0.4 is 14.5 Å². The summed E-state index contributed by atoms with van der Waals surface area (Å²) in [7, 11) is 1.66. The van der Waals surface area contributed by atoms with Gasteiger partial charge in [-0.3, -0.25) is 9.59 Å². The molecule has 0 aliphatic carbocycles. The number of piperazine rings is 1. The zero-order chi connectivity index (χ0) is 20.4. The van der Waals surface area contributed by atoms with Crippen molar-refractivity contribution in [2.45, 2.75) is 12.8 Å². The summed E-state index contributed by atoms with van der Waals surface area (Å²) in [5.74, 6) is 0.813. The molecule has 6 nitrogen and oxygen atoms in total. The molecule has 4 rings (SSSR count). The molecule has 0 unspecified atom stereocenters. The Balaban J connectivity index is 1.49. The zero-order valence-electron chi connectivity index (χ0n) is 16.4. The van der Waals surface area contributed by atoms with E-state index in [-0.39, 0.29) is 11.8 Å². The first-order valence-corrected chi connectivity index (χ1v) is 10.2. The first kappa shape index (κ1) is 19.6. The number of benzene rings is 2. The Hall–Kier alpha value is -2.73. The quantitative estimate of drug-likeness (QED) is 0.770. The second-order valence-electron chi connectivity index (χ2n) is 7.29. The van der Waals surface area contributed by atoms with Crippen LogP contribution in [0.5, 0.6) is 5.75 Å². The van der Waals surface area contributed by atoms with Gasteiger partial charge in [0.05, 0.1) is 18.4 Å². The molecule has 7 heteroatoms. The van der Waals surface area contributed by atoms with E-state index >= 15 is 0 Å². The molecule has 2 aliphatic rings. The summed E-state index contributed by atoms with van der Waals surface area (Å²) < 4.78 is 5.31. The van der Waals surface area contributed by atoms with Crippen molar-refractivity contribution in [3.8, 4) is 5.75 Å². The normalized spacial score (nSPS) is 17.0. The number of methoxy groups -OCH3 is 1. The van der Waals surface area contributed by atoms with Gasteiger partial charge in [-0.05, 0) is 36.8 Å². The number of halogens is 1. The predicted molar refractivity (Wildman–Crippen MR) is 114 cm³/mol. The van der Waals surface area contributed by atoms with Crippen LogP contribution in [0.2, 0.25) is 5.02 Å². The fraction of sp³-hybridized carbons (Fsp3) is 0.364. The predicted octanol–water partition coefficient (Wildman–Crippen LogP) is 3.44. The lowest BCUT2D eigenvalue weighted by Crippen LogP contribution is -2.49. The zero-order valence-corrected chi connectivity index (χ0v) is 17.2. The van der Waals surface area contributed by atoms with Gasteiger partial charge in [0.25, 0.3) is 5.91 Å². The van der Waals surface area contributed by atoms with Gasteiger partial charge in [0, 0.05) is 55.9 Å². The van der Waals surface area contributed by atoms with Crippen molar-refractivity contribution in [2.24, 2.45) is 0 Å². The van der Waals surface area contributed by atoms with Crippen molar-refractivity contribution < 1.29 is 14.3 Å². The average Bonchev–Trinajstić information content (AvgIpc) is 3.19. The summed E-state index contributed by atoms with van der Waals surface area (Å²) in [6.45, 7) is 3.34. The fourth-order valence-corrected chi connectivity index (χ4v) is 4.12. The van der Waals surface area contributed by atoms with Crippen LogP contribution in [0, 0.1) is 0 Å². The minimum absolute atomic E-state index is 0.0455. The highest BCUT2D eigenvalue weighted by Gasteiger charge is 2.29. The van der Waals surface area contributed by atoms with E-state index in [1.807, 2.05) is 23.1 Å². The number of ether oxygens (including phenoxy) is 1. The van der Waals surface area contributed by atoms with Crippen molar-refractivity contribution in [1.82, 2.24) is 4.90 Å². The number of carbonyl (C=O) groups excluding carboxylic acids is 2. The summed E-state index contributed by atoms with van der Waals surface area (Å²) in [6, 6.07) is 13.1. The van der Waals surface area contributed by atoms with Crippen molar-refractivity contribution in [3.05, 3.63) is 53.1 Å². The summed E-state index contributed by atoms with van der Waals surface area (Å²) in [4.78, 5) is 31.3. The maximum atomic E-state index is 13.2. The molecular formula is C22H24ClN3O3. The van der Waals surface area contributed by atoms with Crippen LogP contribution in [0.15, 0.2) is 42.5 Å². The molecule has 152 valence electrons. The van der Waals surface area contributed by atoms with E-state index in [1.165, 1.54) is 0 Å². The molecule has 29 heavy (non-hydrogen) atoms. The Morgan fingerprint density at radius 2 is 1.83 bits per heavy atom. The molecule has 0 atom stereocenters. The van der Waals surface area contributed by atoms with Gasteiger partial charge in [-0.2, -0.15) is 0 Å². The van der Waals surface area contributed by atoms with Gasteiger partial charge in [-0.1, -0.05) is 17.7 Å². The molecule has 0 spiro atoms. The fourth-order valence-electron chi connectivity index (χ4n) is 3.96. The standard InChI is InChI=1S/C22H24ClN3O3/c1-29-18-5-2-4-17(15-18)24-10-12-25(13-11-24)22(28)19-8-7-16(23)14-20(19)26-9-3-6-21(26)27/h2,4-5,7-8,14-15H,3,6,9-13H2,1H3. The van der Waals surface area contributed by atoms with Gasteiger partial charge in [0.1, 0.15) is 5.75 Å². The molecule has 2 aromatic carbocycles. The Morgan fingerprint density at radius 3 is 2.52 bits per heavy atom. The van der Waals surface area contributed by atoms with E-state index in [1.54, 1.807) is 30.2 Å². The summed E-state index contributed by atoms with van der Waals surface area (Å²) in [5, 5.41) is 0.527. The van der Waals surface area contributed by atoms with Crippen LogP contribution >= 0.6 is 11.6 Å². The molecule has 0 N–H and O–H groups in total. The minimum Gasteiger partial charge on any atom is -0.497 e. The Labute approximate surface area is 175 Å². The van der Waals surface area contributed by atoms with Gasteiger partial charge in [-0.25, -0.2) is 0 Å². The number of anilines is 2. The SMILES string of the molecule is COc1cccc(N2CCN(C(=O)c3ccc(Cl)cc3N3CCCC3=O)CC2)c1. The average molecular weight is 414 g/mol. The topological polar surface area (TPSA) is 53.1 Å². The molecule has 2 aliphatic heterocycles. The van der Waals surface area contributed by atoms with Crippen LogP contribution in [0.4, 0.5) is 11.4 Å². The van der Waals surface area contributed by atoms with Crippen LogP contribution in [0.25, 0.3) is 0 Å². The highest BCUT2D eigenvalue weighted by Crippen LogP contribution is 2.30. The van der Waals surface area contributed by atoms with Crippen molar-refractivity contribution in [1.29, 1.82) is 0 Å². The minimum atomic E-state index is -0.0540. The molecule has 2 saturated heterocycles. The molecule has 2 fully saturated rings. The van der Waals surface area contributed by atoms with Crippen molar-refractivity contribution >= 4 is 34.8 Å². The lowest BCUT2D eigenvalue weighted by Gasteiger charge is -2.36. The largest absolute Gasteiger partial charge is 0.497 e. The molecule has 2 amide bonds. The molecular weight excluding hydrogens is 390 g/mol. The third-order valence-electron chi connectivity index (χ3n) is 5.54. The Kier molecular flexibility index (Phi) is 5.62. The molecule has 2 heterocycles. The number of rotatable bonds is 4. The first-order valence-electron chi connectivity index (χ1n) is 9.85. The van der Waals surface area contributed by atoms with E-state index in [9.17, 15) is 9.59 Å². The lowest BCUT2D eigenvalue weighted by molar-refractivity contribution is -0.117. The monoisotopic (exact) mass is 413 g/mol. The van der Waals surface area contributed by atoms with Crippen molar-refractivity contribution in [2.75, 3.05) is 49.6 Å². The number of amides is 2. The van der Waals surface area contributed by atoms with Gasteiger partial charge < -0.3 is 19.4 Å². The highest BCUT2D eigenvalue weighted by atomic mass is 35.5. The molecule has 0 saturated carbocycles. The Morgan fingerprint density at radius 1 is 1.03 bits per heavy atom. The van der Waals surface area contributed by atoms with E-state index in [4.69, 9.17) is 16.3 Å². The van der Waals surface area contributed by atoms with Gasteiger partial charge in [0.15, 0.2) is 0 Å². The summed E-state index contributed by atoms with van der Waals surface area (Å²) >= 11 is 6.17. The molecule has 0 aromatic heterocycles. The molecule has 0 bridgehead atoms. The maximum Gasteiger partial charge on any atom is 0.256 e. The van der Waals surface area contributed by atoms with E-state index in [2.05, 4.69) is 11.0 Å². The van der Waals surface area contributed by atoms with Crippen LogP contribution in [0.3, 0.4) is 0 Å². The van der Waals surface area contributed by atoms with Crippen molar-refractivity contribution in [3.63, 3.8) is 0 Å². The second kappa shape index (κ2) is 8.33. The van der Waals surface area contributed by atoms with Gasteiger partial charge in [0.2, 0.25) is 5.91 Å². The lowest BCUT2D eigenvalue weighted by atomic mass is 10.1. The number of carbonyl (C=O) groups is 2. The van der Waals surface area contributed by atoms with Crippen LogP contribution in [0.1, 0.15) is 23.2 Å². The summed E-state index contributed by atoms with van der Waals surface area (Å²) in [5.41, 5.74) is 2.26. The third kappa shape index (κ3) is 4.03. The highest BCUT2D eigenvalue weighted by molar-refractivity contribution is 6.31. The smallest absolute Gasteiger partial charge is 0.256 e. The Bertz CT molecular complexity index is 925. The van der Waals surface area contributed by atoms with E-state index < -0.39 is 0 Å². The van der Waals surface area contributed by atoms with Crippen LogP contribution in [-0.4, -0.2) is 56.5 Å². The number of nitrogens with zero attached hydrogens (tertiary/aromatic N) is 3. The third-order valence-corrected chi connectivity index (χ3v) is 5.77. The first-order chi connectivity index (χ1) is 14.1. The molecule has 0 radical (unpaired) electrons. The summed E-state index contributed by atoms with van der Waals surface area (Å²) in [6.07, 6.45) is 1.32. The maximum absolute atomic E-state index is 13.2. The van der Waals surface area contributed by atoms with E-state index in [0.717, 1.165) is 30.9 Å². The number of hydrogen-bond acceptors (Lipinski definition) is 4. The van der Waals surface area contributed by atoms with Crippen LogP contribution in [-0.2, 0) is 4.79 Å². The molecule has 2 aromatic rings. The van der Waals surface area contributed by atoms with Gasteiger partial charge >= 0.3 is 0 Å². The second-order valence-corrected chi connectivity index (χ2v) is 7.73. The van der Waals surface area contributed by atoms with Gasteiger partial charge in [-0.15, -0.1) is 0 Å². The number of hydrogen-bond donors (Lipinski definition) is 0.